The van der Waals surface area contributed by atoms with Gasteiger partial charge in [-0.15, -0.1) is 0 Å². The van der Waals surface area contributed by atoms with Crippen LogP contribution < -0.4 is 5.73 Å². The number of benzene rings is 1. The lowest BCUT2D eigenvalue weighted by Crippen LogP contribution is -2.14. The summed E-state index contributed by atoms with van der Waals surface area (Å²) in [5.74, 6) is 0.640. The Balaban J connectivity index is 2.44. The average molecular weight is 217 g/mol. The Morgan fingerprint density at radius 3 is 2.75 bits per heavy atom. The molecule has 1 aromatic rings. The van der Waals surface area contributed by atoms with Gasteiger partial charge in [0.1, 0.15) is 0 Å². The van der Waals surface area contributed by atoms with Gasteiger partial charge in [-0.3, -0.25) is 0 Å². The topological polar surface area (TPSA) is 26.0 Å². The SMILES string of the molecule is CCC(C)c1ccc2c(c1)C(N)CC2(C)C. The van der Waals surface area contributed by atoms with Crippen LogP contribution in [0.2, 0.25) is 0 Å². The Labute approximate surface area is 99.0 Å². The number of rotatable bonds is 2. The normalized spacial score (nSPS) is 24.2. The van der Waals surface area contributed by atoms with E-state index in [2.05, 4.69) is 45.9 Å². The summed E-state index contributed by atoms with van der Waals surface area (Å²) < 4.78 is 0. The van der Waals surface area contributed by atoms with E-state index < -0.39 is 0 Å². The molecule has 16 heavy (non-hydrogen) atoms. The van der Waals surface area contributed by atoms with E-state index >= 15 is 0 Å². The highest BCUT2D eigenvalue weighted by Gasteiger charge is 2.34. The summed E-state index contributed by atoms with van der Waals surface area (Å²) in [4.78, 5) is 0. The van der Waals surface area contributed by atoms with Crippen molar-refractivity contribution in [2.24, 2.45) is 5.73 Å². The van der Waals surface area contributed by atoms with Crippen molar-refractivity contribution >= 4 is 0 Å². The minimum absolute atomic E-state index is 0.231. The van der Waals surface area contributed by atoms with Crippen molar-refractivity contribution < 1.29 is 0 Å². The standard InChI is InChI=1S/C15H23N/c1-5-10(2)11-6-7-13-12(8-11)14(16)9-15(13,3)4/h6-8,10,14H,5,9,16H2,1-4H3. The molecule has 0 amide bonds. The van der Waals surface area contributed by atoms with Crippen LogP contribution in [0.25, 0.3) is 0 Å². The Bertz CT molecular complexity index is 392. The zero-order valence-electron chi connectivity index (χ0n) is 10.9. The molecule has 0 aromatic heterocycles. The third-order valence-corrected chi connectivity index (χ3v) is 4.12. The minimum Gasteiger partial charge on any atom is -0.324 e. The second-order valence-corrected chi connectivity index (χ2v) is 5.85. The van der Waals surface area contributed by atoms with Crippen LogP contribution in [-0.2, 0) is 5.41 Å². The first-order chi connectivity index (χ1) is 7.45. The molecule has 0 heterocycles. The first kappa shape index (κ1) is 11.7. The molecule has 0 saturated carbocycles. The van der Waals surface area contributed by atoms with Gasteiger partial charge in [0, 0.05) is 6.04 Å². The first-order valence-electron chi connectivity index (χ1n) is 6.35. The van der Waals surface area contributed by atoms with Gasteiger partial charge in [-0.25, -0.2) is 0 Å². The average Bonchev–Trinajstić information content (AvgIpc) is 2.48. The summed E-state index contributed by atoms with van der Waals surface area (Å²) in [7, 11) is 0. The molecule has 1 aromatic carbocycles. The Hall–Kier alpha value is -0.820. The van der Waals surface area contributed by atoms with Gasteiger partial charge in [0.2, 0.25) is 0 Å². The molecule has 2 N–H and O–H groups in total. The number of nitrogens with two attached hydrogens (primary N) is 1. The second kappa shape index (κ2) is 3.89. The van der Waals surface area contributed by atoms with Crippen LogP contribution in [0.3, 0.4) is 0 Å². The summed E-state index contributed by atoms with van der Waals surface area (Å²) >= 11 is 0. The lowest BCUT2D eigenvalue weighted by molar-refractivity contribution is 0.481. The molecule has 0 bridgehead atoms. The molecule has 1 heteroatoms. The highest BCUT2D eigenvalue weighted by atomic mass is 14.7. The molecular formula is C15H23N. The summed E-state index contributed by atoms with van der Waals surface area (Å²) in [6.45, 7) is 9.11. The zero-order chi connectivity index (χ0) is 11.9. The number of fused-ring (bicyclic) bond motifs is 1. The quantitative estimate of drug-likeness (QED) is 0.799. The van der Waals surface area contributed by atoms with Crippen molar-refractivity contribution in [1.29, 1.82) is 0 Å². The highest BCUT2D eigenvalue weighted by molar-refractivity contribution is 5.44. The van der Waals surface area contributed by atoms with E-state index in [1.54, 1.807) is 0 Å². The second-order valence-electron chi connectivity index (χ2n) is 5.85. The van der Waals surface area contributed by atoms with E-state index in [9.17, 15) is 0 Å². The molecule has 88 valence electrons. The van der Waals surface area contributed by atoms with Crippen LogP contribution in [0.15, 0.2) is 18.2 Å². The Morgan fingerprint density at radius 2 is 2.12 bits per heavy atom. The fraction of sp³-hybridized carbons (Fsp3) is 0.600. The van der Waals surface area contributed by atoms with Crippen LogP contribution in [-0.4, -0.2) is 0 Å². The van der Waals surface area contributed by atoms with Gasteiger partial charge >= 0.3 is 0 Å². The van der Waals surface area contributed by atoms with Crippen molar-refractivity contribution in [2.45, 2.75) is 57.9 Å². The summed E-state index contributed by atoms with van der Waals surface area (Å²) in [6.07, 6.45) is 2.27. The van der Waals surface area contributed by atoms with Crippen molar-refractivity contribution in [2.75, 3.05) is 0 Å². The van der Waals surface area contributed by atoms with E-state index in [1.165, 1.54) is 23.1 Å². The lowest BCUT2D eigenvalue weighted by Gasteiger charge is -2.19. The Morgan fingerprint density at radius 1 is 1.44 bits per heavy atom. The van der Waals surface area contributed by atoms with Gasteiger partial charge in [0.15, 0.2) is 0 Å². The summed E-state index contributed by atoms with van der Waals surface area (Å²) in [5.41, 5.74) is 10.8. The molecule has 2 rings (SSSR count). The molecular weight excluding hydrogens is 194 g/mol. The van der Waals surface area contributed by atoms with Gasteiger partial charge in [-0.2, -0.15) is 0 Å². The molecule has 1 aliphatic rings. The maximum atomic E-state index is 6.23. The molecule has 0 spiro atoms. The molecule has 2 atom stereocenters. The van der Waals surface area contributed by atoms with E-state index in [-0.39, 0.29) is 11.5 Å². The van der Waals surface area contributed by atoms with Gasteiger partial charge in [-0.1, -0.05) is 45.9 Å². The third kappa shape index (κ3) is 1.78. The fourth-order valence-corrected chi connectivity index (χ4v) is 2.82. The van der Waals surface area contributed by atoms with E-state index in [0.717, 1.165) is 6.42 Å². The largest absolute Gasteiger partial charge is 0.324 e. The summed E-state index contributed by atoms with van der Waals surface area (Å²) in [6, 6.07) is 7.15. The number of hydrogen-bond donors (Lipinski definition) is 1. The maximum absolute atomic E-state index is 6.23. The maximum Gasteiger partial charge on any atom is 0.0306 e. The molecule has 2 unspecified atom stereocenters. The fourth-order valence-electron chi connectivity index (χ4n) is 2.82. The van der Waals surface area contributed by atoms with Crippen LogP contribution in [0.4, 0.5) is 0 Å². The Kier molecular flexibility index (Phi) is 2.83. The molecule has 1 aliphatic carbocycles. The van der Waals surface area contributed by atoms with Crippen molar-refractivity contribution in [1.82, 2.24) is 0 Å². The van der Waals surface area contributed by atoms with Gasteiger partial charge in [0.05, 0.1) is 0 Å². The van der Waals surface area contributed by atoms with Crippen molar-refractivity contribution in [3.8, 4) is 0 Å². The van der Waals surface area contributed by atoms with Crippen molar-refractivity contribution in [3.63, 3.8) is 0 Å². The van der Waals surface area contributed by atoms with Crippen LogP contribution in [0.1, 0.15) is 69.2 Å². The molecule has 0 radical (unpaired) electrons. The van der Waals surface area contributed by atoms with Gasteiger partial charge < -0.3 is 5.73 Å². The predicted molar refractivity (Wildman–Crippen MR) is 69.7 cm³/mol. The minimum atomic E-state index is 0.231. The molecule has 0 aliphatic heterocycles. The van der Waals surface area contributed by atoms with E-state index in [4.69, 9.17) is 5.73 Å². The van der Waals surface area contributed by atoms with Crippen LogP contribution >= 0.6 is 0 Å². The summed E-state index contributed by atoms with van der Waals surface area (Å²) in [5, 5.41) is 0. The highest BCUT2D eigenvalue weighted by Crippen LogP contribution is 2.44. The molecule has 1 nitrogen and oxygen atoms in total. The van der Waals surface area contributed by atoms with E-state index in [1.807, 2.05) is 0 Å². The smallest absolute Gasteiger partial charge is 0.0306 e. The van der Waals surface area contributed by atoms with Crippen LogP contribution in [0.5, 0.6) is 0 Å². The van der Waals surface area contributed by atoms with Gasteiger partial charge in [0.25, 0.3) is 0 Å². The zero-order valence-corrected chi connectivity index (χ0v) is 10.9. The van der Waals surface area contributed by atoms with Gasteiger partial charge in [-0.05, 0) is 40.9 Å². The van der Waals surface area contributed by atoms with E-state index in [0.29, 0.717) is 5.92 Å². The van der Waals surface area contributed by atoms with Crippen molar-refractivity contribution in [3.05, 3.63) is 34.9 Å². The number of hydrogen-bond acceptors (Lipinski definition) is 1. The monoisotopic (exact) mass is 217 g/mol. The third-order valence-electron chi connectivity index (χ3n) is 4.12. The predicted octanol–water partition coefficient (Wildman–Crippen LogP) is 3.88. The first-order valence-corrected chi connectivity index (χ1v) is 6.35. The molecule has 0 saturated heterocycles. The van der Waals surface area contributed by atoms with Crippen LogP contribution in [0, 0.1) is 0 Å². The lowest BCUT2D eigenvalue weighted by atomic mass is 9.85. The molecule has 0 fully saturated rings.